The van der Waals surface area contributed by atoms with Gasteiger partial charge in [-0.15, -0.1) is 0 Å². The lowest BCUT2D eigenvalue weighted by Crippen LogP contribution is -2.24. The van der Waals surface area contributed by atoms with Gasteiger partial charge in [0, 0.05) is 25.1 Å². The smallest absolute Gasteiger partial charge is 0.141 e. The zero-order valence-corrected chi connectivity index (χ0v) is 9.16. The number of nitrogens with two attached hydrogens (primary N) is 1. The Bertz CT molecular complexity index is 338. The van der Waals surface area contributed by atoms with E-state index in [2.05, 4.69) is 10.3 Å². The number of nitrogen functional groups attached to an aromatic ring is 1. The van der Waals surface area contributed by atoms with Gasteiger partial charge < -0.3 is 11.1 Å². The Kier molecular flexibility index (Phi) is 4.24. The van der Waals surface area contributed by atoms with Crippen LogP contribution in [0.25, 0.3) is 0 Å². The summed E-state index contributed by atoms with van der Waals surface area (Å²) >= 11 is 0. The third-order valence-electron chi connectivity index (χ3n) is 2.28. The normalized spacial score (nSPS) is 12.4. The number of ketones is 1. The van der Waals surface area contributed by atoms with Crippen molar-refractivity contribution in [1.29, 1.82) is 0 Å². The molecule has 0 aromatic carbocycles. The van der Waals surface area contributed by atoms with Crippen LogP contribution in [0.4, 0.5) is 5.82 Å². The Morgan fingerprint density at radius 1 is 1.67 bits per heavy atom. The summed E-state index contributed by atoms with van der Waals surface area (Å²) in [7, 11) is 1.84. The zero-order valence-electron chi connectivity index (χ0n) is 9.16. The number of nitrogens with zero attached hydrogens (tertiary/aromatic N) is 1. The third-order valence-corrected chi connectivity index (χ3v) is 2.28. The van der Waals surface area contributed by atoms with E-state index in [1.54, 1.807) is 12.3 Å². The van der Waals surface area contributed by atoms with E-state index < -0.39 is 0 Å². The zero-order chi connectivity index (χ0) is 11.3. The number of carbonyl (C=O) groups excluding carboxylic acids is 1. The molecular formula is C11H17N3O. The predicted molar refractivity (Wildman–Crippen MR) is 60.5 cm³/mol. The maximum Gasteiger partial charge on any atom is 0.141 e. The molecule has 0 spiro atoms. The molecule has 3 N–H and O–H groups in total. The first kappa shape index (κ1) is 11.7. The first-order chi connectivity index (χ1) is 7.13. The van der Waals surface area contributed by atoms with Gasteiger partial charge in [0.1, 0.15) is 11.6 Å². The second kappa shape index (κ2) is 5.46. The summed E-state index contributed by atoms with van der Waals surface area (Å²) in [6, 6.07) is 3.56. The quantitative estimate of drug-likeness (QED) is 0.743. The summed E-state index contributed by atoms with van der Waals surface area (Å²) < 4.78 is 0. The van der Waals surface area contributed by atoms with Gasteiger partial charge in [0.15, 0.2) is 0 Å². The molecule has 0 aliphatic rings. The number of anilines is 1. The van der Waals surface area contributed by atoms with E-state index in [4.69, 9.17) is 5.73 Å². The fourth-order valence-corrected chi connectivity index (χ4v) is 1.40. The molecule has 0 fully saturated rings. The Morgan fingerprint density at radius 3 is 3.00 bits per heavy atom. The van der Waals surface area contributed by atoms with Crippen molar-refractivity contribution in [3.63, 3.8) is 0 Å². The van der Waals surface area contributed by atoms with Crippen LogP contribution in [-0.2, 0) is 11.2 Å². The molecule has 0 aliphatic heterocycles. The Balaban J connectivity index is 2.58. The van der Waals surface area contributed by atoms with Crippen molar-refractivity contribution in [1.82, 2.24) is 10.3 Å². The minimum atomic E-state index is 0.0318. The molecule has 4 heteroatoms. The van der Waals surface area contributed by atoms with E-state index in [-0.39, 0.29) is 11.7 Å². The highest BCUT2D eigenvalue weighted by Gasteiger charge is 2.12. The van der Waals surface area contributed by atoms with Gasteiger partial charge in [-0.25, -0.2) is 4.98 Å². The van der Waals surface area contributed by atoms with E-state index in [9.17, 15) is 4.79 Å². The van der Waals surface area contributed by atoms with Crippen molar-refractivity contribution in [2.45, 2.75) is 13.3 Å². The van der Waals surface area contributed by atoms with Crippen molar-refractivity contribution in [3.05, 3.63) is 23.9 Å². The van der Waals surface area contributed by atoms with Crippen LogP contribution in [0.1, 0.15) is 12.5 Å². The van der Waals surface area contributed by atoms with Gasteiger partial charge in [0.05, 0.1) is 0 Å². The van der Waals surface area contributed by atoms with Crippen LogP contribution in [0.3, 0.4) is 0 Å². The summed E-state index contributed by atoms with van der Waals surface area (Å²) in [5, 5.41) is 2.99. The molecule has 0 radical (unpaired) electrons. The number of hydrogen-bond donors (Lipinski definition) is 2. The van der Waals surface area contributed by atoms with Gasteiger partial charge in [-0.3, -0.25) is 4.79 Å². The highest BCUT2D eigenvalue weighted by molar-refractivity contribution is 5.83. The largest absolute Gasteiger partial charge is 0.384 e. The molecule has 1 aromatic rings. The van der Waals surface area contributed by atoms with E-state index in [0.717, 1.165) is 5.56 Å². The standard InChI is InChI=1S/C11H17N3O/c1-8(7-13-2)10(15)5-9-3-4-14-11(12)6-9/h3-4,6,8,13H,5,7H2,1-2H3,(H2,12,14). The van der Waals surface area contributed by atoms with Gasteiger partial charge in [-0.2, -0.15) is 0 Å². The third kappa shape index (κ3) is 3.67. The number of Topliss-reactive ketones (excluding diaryl/α,β-unsaturated/α-hetero) is 1. The van der Waals surface area contributed by atoms with E-state index in [1.165, 1.54) is 0 Å². The molecule has 4 nitrogen and oxygen atoms in total. The highest BCUT2D eigenvalue weighted by atomic mass is 16.1. The number of carbonyl (C=O) groups is 1. The summed E-state index contributed by atoms with van der Waals surface area (Å²) in [6.07, 6.45) is 2.05. The van der Waals surface area contributed by atoms with Gasteiger partial charge in [0.25, 0.3) is 0 Å². The van der Waals surface area contributed by atoms with Crippen molar-refractivity contribution >= 4 is 11.6 Å². The minimum Gasteiger partial charge on any atom is -0.384 e. The lowest BCUT2D eigenvalue weighted by molar-refractivity contribution is -0.121. The van der Waals surface area contributed by atoms with Crippen LogP contribution >= 0.6 is 0 Å². The molecule has 1 atom stereocenters. The van der Waals surface area contributed by atoms with Crippen molar-refractivity contribution < 1.29 is 4.79 Å². The average molecular weight is 207 g/mol. The summed E-state index contributed by atoms with van der Waals surface area (Å²) in [6.45, 7) is 2.63. The molecule has 0 bridgehead atoms. The van der Waals surface area contributed by atoms with Crippen LogP contribution in [0.2, 0.25) is 0 Å². The van der Waals surface area contributed by atoms with E-state index in [0.29, 0.717) is 18.8 Å². The lowest BCUT2D eigenvalue weighted by Gasteiger charge is -2.09. The molecule has 0 saturated heterocycles. The topological polar surface area (TPSA) is 68.0 Å². The molecule has 0 saturated carbocycles. The lowest BCUT2D eigenvalue weighted by atomic mass is 10.00. The summed E-state index contributed by atoms with van der Waals surface area (Å²) in [4.78, 5) is 15.6. The second-order valence-electron chi connectivity index (χ2n) is 3.69. The first-order valence-corrected chi connectivity index (χ1v) is 5.01. The fourth-order valence-electron chi connectivity index (χ4n) is 1.40. The monoisotopic (exact) mass is 207 g/mol. The maximum absolute atomic E-state index is 11.7. The van der Waals surface area contributed by atoms with Gasteiger partial charge in [-0.05, 0) is 24.7 Å². The van der Waals surface area contributed by atoms with Gasteiger partial charge in [-0.1, -0.05) is 6.92 Å². The fraction of sp³-hybridized carbons (Fsp3) is 0.455. The Labute approximate surface area is 89.9 Å². The predicted octanol–water partition coefficient (Wildman–Crippen LogP) is 0.631. The molecule has 1 aromatic heterocycles. The van der Waals surface area contributed by atoms with Crippen LogP contribution < -0.4 is 11.1 Å². The maximum atomic E-state index is 11.7. The van der Waals surface area contributed by atoms with E-state index in [1.807, 2.05) is 20.0 Å². The van der Waals surface area contributed by atoms with Crippen LogP contribution in [0.5, 0.6) is 0 Å². The van der Waals surface area contributed by atoms with Crippen LogP contribution in [0.15, 0.2) is 18.3 Å². The SMILES string of the molecule is CNCC(C)C(=O)Cc1ccnc(N)c1. The molecule has 1 rings (SSSR count). The number of nitrogens with one attached hydrogen (secondary N) is 1. The number of hydrogen-bond acceptors (Lipinski definition) is 4. The van der Waals surface area contributed by atoms with Crippen molar-refractivity contribution in [2.75, 3.05) is 19.3 Å². The molecule has 0 amide bonds. The molecule has 0 aliphatic carbocycles. The summed E-state index contributed by atoms with van der Waals surface area (Å²) in [5.41, 5.74) is 6.46. The summed E-state index contributed by atoms with van der Waals surface area (Å²) in [5.74, 6) is 0.709. The van der Waals surface area contributed by atoms with E-state index >= 15 is 0 Å². The van der Waals surface area contributed by atoms with Crippen LogP contribution in [0, 0.1) is 5.92 Å². The van der Waals surface area contributed by atoms with Gasteiger partial charge in [0.2, 0.25) is 0 Å². The Morgan fingerprint density at radius 2 is 2.40 bits per heavy atom. The second-order valence-corrected chi connectivity index (χ2v) is 3.69. The minimum absolute atomic E-state index is 0.0318. The first-order valence-electron chi connectivity index (χ1n) is 5.01. The molecular weight excluding hydrogens is 190 g/mol. The van der Waals surface area contributed by atoms with Crippen molar-refractivity contribution in [2.24, 2.45) is 5.92 Å². The Hall–Kier alpha value is -1.42. The highest BCUT2D eigenvalue weighted by Crippen LogP contribution is 2.07. The number of aromatic nitrogens is 1. The van der Waals surface area contributed by atoms with Gasteiger partial charge >= 0.3 is 0 Å². The molecule has 1 unspecified atom stereocenters. The number of pyridine rings is 1. The molecule has 1 heterocycles. The number of rotatable bonds is 5. The van der Waals surface area contributed by atoms with Crippen LogP contribution in [-0.4, -0.2) is 24.4 Å². The van der Waals surface area contributed by atoms with Crippen molar-refractivity contribution in [3.8, 4) is 0 Å². The molecule has 15 heavy (non-hydrogen) atoms. The average Bonchev–Trinajstić information content (AvgIpc) is 2.18. The molecule has 82 valence electrons.